The van der Waals surface area contributed by atoms with E-state index in [1.54, 1.807) is 4.57 Å². The zero-order valence-electron chi connectivity index (χ0n) is 19.7. The Kier molecular flexibility index (Phi) is 5.02. The molecule has 7 rings (SSSR count). The van der Waals surface area contributed by atoms with E-state index >= 15 is 0 Å². The molecule has 7 heteroatoms. The second kappa shape index (κ2) is 7.97. The van der Waals surface area contributed by atoms with Gasteiger partial charge in [-0.25, -0.2) is 9.78 Å². The predicted octanol–water partition coefficient (Wildman–Crippen LogP) is 3.81. The van der Waals surface area contributed by atoms with Crippen LogP contribution in [0.2, 0.25) is 0 Å². The smallest absolute Gasteiger partial charge is 0.317 e. The summed E-state index contributed by atoms with van der Waals surface area (Å²) in [7, 11) is 0. The van der Waals surface area contributed by atoms with Crippen LogP contribution in [0.25, 0.3) is 11.2 Å². The van der Waals surface area contributed by atoms with Gasteiger partial charge in [0.25, 0.3) is 5.56 Å². The molecule has 4 bridgehead atoms. The maximum atomic E-state index is 13.8. The number of nitrogens with zero attached hydrogens (tertiary/aromatic N) is 5. The Hall–Kier alpha value is -3.14. The molecule has 4 aliphatic carbocycles. The van der Waals surface area contributed by atoms with Crippen molar-refractivity contribution >= 4 is 11.2 Å². The third-order valence-corrected chi connectivity index (χ3v) is 8.59. The summed E-state index contributed by atoms with van der Waals surface area (Å²) in [5.74, 6) is 3.27. The van der Waals surface area contributed by atoms with E-state index < -0.39 is 0 Å². The molecule has 7 nitrogen and oxygen atoms in total. The summed E-state index contributed by atoms with van der Waals surface area (Å²) >= 11 is 0. The van der Waals surface area contributed by atoms with E-state index in [0.717, 1.165) is 48.4 Å². The molecule has 1 aromatic carbocycles. The van der Waals surface area contributed by atoms with Crippen LogP contribution in [-0.2, 0) is 25.0 Å². The fraction of sp³-hybridized carbons (Fsp3) is 0.556. The van der Waals surface area contributed by atoms with Crippen LogP contribution in [0.4, 0.5) is 0 Å². The van der Waals surface area contributed by atoms with Crippen LogP contribution in [0.1, 0.15) is 63.3 Å². The van der Waals surface area contributed by atoms with Gasteiger partial charge in [-0.05, 0) is 61.8 Å². The van der Waals surface area contributed by atoms with E-state index in [-0.39, 0.29) is 29.6 Å². The first kappa shape index (κ1) is 21.4. The van der Waals surface area contributed by atoms with Crippen LogP contribution in [0.3, 0.4) is 0 Å². The minimum absolute atomic E-state index is 0.0115. The van der Waals surface area contributed by atoms with E-state index in [0.29, 0.717) is 30.7 Å². The van der Waals surface area contributed by atoms with Gasteiger partial charge in [-0.1, -0.05) is 37.3 Å². The molecule has 0 amide bonds. The molecule has 2 atom stereocenters. The Morgan fingerprint density at radius 2 is 1.76 bits per heavy atom. The SMILES string of the molecule is CCCn1c(=O)c2c(nc(C34CC5CC(C3)C(C5)C4)n2Cc2ccccc2)n(CCC#N)c1=O. The lowest BCUT2D eigenvalue weighted by Gasteiger charge is -2.38. The van der Waals surface area contributed by atoms with Crippen molar-refractivity contribution in [2.45, 2.75) is 76.9 Å². The maximum absolute atomic E-state index is 13.8. The summed E-state index contributed by atoms with van der Waals surface area (Å²) in [4.78, 5) is 32.2. The van der Waals surface area contributed by atoms with Crippen molar-refractivity contribution in [1.82, 2.24) is 18.7 Å². The molecule has 2 heterocycles. The lowest BCUT2D eigenvalue weighted by molar-refractivity contribution is 0.214. The molecular formula is C27H31N5O2. The minimum Gasteiger partial charge on any atom is -0.317 e. The molecule has 4 saturated carbocycles. The van der Waals surface area contributed by atoms with Gasteiger partial charge in [0.2, 0.25) is 0 Å². The fourth-order valence-electron chi connectivity index (χ4n) is 7.48. The van der Waals surface area contributed by atoms with E-state index in [2.05, 4.69) is 22.8 Å². The molecular weight excluding hydrogens is 426 g/mol. The first-order valence-corrected chi connectivity index (χ1v) is 12.7. The van der Waals surface area contributed by atoms with Crippen molar-refractivity contribution in [3.63, 3.8) is 0 Å². The monoisotopic (exact) mass is 457 g/mol. The number of hydrogen-bond donors (Lipinski definition) is 0. The lowest BCUT2D eigenvalue weighted by Crippen LogP contribution is -2.40. The van der Waals surface area contributed by atoms with Crippen LogP contribution >= 0.6 is 0 Å². The van der Waals surface area contributed by atoms with Gasteiger partial charge in [0.15, 0.2) is 11.2 Å². The zero-order chi connectivity index (χ0) is 23.4. The third-order valence-electron chi connectivity index (χ3n) is 8.59. The molecule has 2 unspecified atom stereocenters. The van der Waals surface area contributed by atoms with Gasteiger partial charge in [0.05, 0.1) is 12.5 Å². The van der Waals surface area contributed by atoms with Crippen LogP contribution in [0.15, 0.2) is 39.9 Å². The Bertz CT molecular complexity index is 1390. The van der Waals surface area contributed by atoms with Gasteiger partial charge < -0.3 is 4.57 Å². The molecule has 34 heavy (non-hydrogen) atoms. The van der Waals surface area contributed by atoms with Gasteiger partial charge in [-0.15, -0.1) is 0 Å². The molecule has 0 radical (unpaired) electrons. The highest BCUT2D eigenvalue weighted by molar-refractivity contribution is 5.72. The Morgan fingerprint density at radius 3 is 2.41 bits per heavy atom. The molecule has 0 N–H and O–H groups in total. The van der Waals surface area contributed by atoms with Gasteiger partial charge in [-0.3, -0.25) is 13.9 Å². The van der Waals surface area contributed by atoms with Gasteiger partial charge in [0.1, 0.15) is 5.82 Å². The summed E-state index contributed by atoms with van der Waals surface area (Å²) in [5.41, 5.74) is 1.48. The summed E-state index contributed by atoms with van der Waals surface area (Å²) in [6.45, 7) is 3.14. The van der Waals surface area contributed by atoms with Crippen molar-refractivity contribution < 1.29 is 0 Å². The number of rotatable bonds is 7. The minimum atomic E-state index is -0.348. The standard InChI is InChI=1S/C27H31N5O2/c1-2-10-31-24(33)22-23(30(26(31)34)11-6-9-28)29-25(32(22)17-18-7-4-3-5-8-18)27-14-19-12-20(15-27)21(13-19)16-27/h3-5,7-8,19-21H,2,6,10-17H2,1H3. The summed E-state index contributed by atoms with van der Waals surface area (Å²) < 4.78 is 5.06. The first-order valence-electron chi connectivity index (χ1n) is 12.7. The average molecular weight is 458 g/mol. The summed E-state index contributed by atoms with van der Waals surface area (Å²) in [6.07, 6.45) is 6.97. The third kappa shape index (κ3) is 3.11. The molecule has 4 aliphatic rings. The number of nitriles is 1. The zero-order valence-corrected chi connectivity index (χ0v) is 19.7. The second-order valence-corrected chi connectivity index (χ2v) is 10.7. The number of imidazole rings is 1. The fourth-order valence-corrected chi connectivity index (χ4v) is 7.48. The highest BCUT2D eigenvalue weighted by Crippen LogP contribution is 2.64. The lowest BCUT2D eigenvalue weighted by atomic mass is 9.69. The highest BCUT2D eigenvalue weighted by atomic mass is 16.2. The van der Waals surface area contributed by atoms with Crippen molar-refractivity contribution in [1.29, 1.82) is 5.26 Å². The Morgan fingerprint density at radius 1 is 1.03 bits per heavy atom. The van der Waals surface area contributed by atoms with Crippen LogP contribution in [-0.4, -0.2) is 18.7 Å². The predicted molar refractivity (Wildman–Crippen MR) is 130 cm³/mol. The first-order chi connectivity index (χ1) is 16.5. The quantitative estimate of drug-likeness (QED) is 0.540. The molecule has 176 valence electrons. The average Bonchev–Trinajstić information content (AvgIpc) is 3.43. The summed E-state index contributed by atoms with van der Waals surface area (Å²) in [5, 5.41) is 9.24. The van der Waals surface area contributed by atoms with Crippen LogP contribution in [0.5, 0.6) is 0 Å². The van der Waals surface area contributed by atoms with Gasteiger partial charge in [-0.2, -0.15) is 5.26 Å². The largest absolute Gasteiger partial charge is 0.332 e. The van der Waals surface area contributed by atoms with E-state index in [1.165, 1.54) is 17.4 Å². The van der Waals surface area contributed by atoms with Crippen LogP contribution in [0, 0.1) is 29.1 Å². The van der Waals surface area contributed by atoms with Gasteiger partial charge >= 0.3 is 5.69 Å². The molecule has 0 spiro atoms. The maximum Gasteiger partial charge on any atom is 0.332 e. The molecule has 2 aromatic heterocycles. The Balaban J connectivity index is 1.63. The van der Waals surface area contributed by atoms with Crippen molar-refractivity contribution in [2.24, 2.45) is 17.8 Å². The Labute approximate surface area is 198 Å². The number of fused-ring (bicyclic) bond motifs is 1. The topological polar surface area (TPSA) is 85.6 Å². The van der Waals surface area contributed by atoms with E-state index in [1.807, 2.05) is 25.1 Å². The van der Waals surface area contributed by atoms with Crippen LogP contribution < -0.4 is 11.2 Å². The number of aryl methyl sites for hydroxylation is 1. The number of hydrogen-bond acceptors (Lipinski definition) is 4. The van der Waals surface area contributed by atoms with E-state index in [9.17, 15) is 14.9 Å². The van der Waals surface area contributed by atoms with E-state index in [4.69, 9.17) is 4.98 Å². The normalized spacial score (nSPS) is 27.0. The van der Waals surface area contributed by atoms with Crippen molar-refractivity contribution in [2.75, 3.05) is 0 Å². The molecule has 3 aromatic rings. The highest BCUT2D eigenvalue weighted by Gasteiger charge is 2.58. The molecule has 0 aliphatic heterocycles. The molecule has 0 saturated heterocycles. The summed E-state index contributed by atoms with van der Waals surface area (Å²) in [6, 6.07) is 12.4. The van der Waals surface area contributed by atoms with Gasteiger partial charge in [0, 0.05) is 25.0 Å². The number of aromatic nitrogens is 4. The number of benzene rings is 1. The molecule has 4 fully saturated rings. The second-order valence-electron chi connectivity index (χ2n) is 10.7. The van der Waals surface area contributed by atoms with Crippen molar-refractivity contribution in [3.8, 4) is 6.07 Å². The van der Waals surface area contributed by atoms with Crippen molar-refractivity contribution in [3.05, 3.63) is 62.6 Å².